The molecule has 3 rings (SSSR count). The van der Waals surface area contributed by atoms with Crippen molar-refractivity contribution in [3.05, 3.63) is 57.6 Å². The van der Waals surface area contributed by atoms with E-state index in [2.05, 4.69) is 5.32 Å². The number of esters is 1. The molecule has 0 spiro atoms. The molecule has 1 fully saturated rings. The van der Waals surface area contributed by atoms with Gasteiger partial charge >= 0.3 is 5.97 Å². The summed E-state index contributed by atoms with van der Waals surface area (Å²) in [6.45, 7) is 4.15. The molecule has 1 N–H and O–H groups in total. The number of carbonyl (C=O) groups is 2. The Labute approximate surface area is 196 Å². The van der Waals surface area contributed by atoms with E-state index >= 15 is 0 Å². The fraction of sp³-hybridized carbons (Fsp3) is 0.333. The van der Waals surface area contributed by atoms with Crippen molar-refractivity contribution >= 4 is 50.8 Å². The first-order valence-electron chi connectivity index (χ1n) is 9.74. The van der Waals surface area contributed by atoms with Crippen LogP contribution in [0.25, 0.3) is 0 Å². The normalized spacial score (nSPS) is 15.8. The number of ether oxygens (including phenoxy) is 2. The van der Waals surface area contributed by atoms with E-state index < -0.39 is 28.0 Å². The van der Waals surface area contributed by atoms with Crippen LogP contribution in [0.1, 0.15) is 22.8 Å². The number of sulfonamides is 1. The minimum atomic E-state index is -3.79. The van der Waals surface area contributed by atoms with E-state index in [9.17, 15) is 18.0 Å². The molecule has 1 aliphatic heterocycles. The molecule has 0 radical (unpaired) electrons. The van der Waals surface area contributed by atoms with Crippen LogP contribution in [0.15, 0.2) is 41.3 Å². The van der Waals surface area contributed by atoms with Crippen molar-refractivity contribution in [1.29, 1.82) is 0 Å². The average molecular weight is 501 g/mol. The fourth-order valence-electron chi connectivity index (χ4n) is 3.06. The van der Waals surface area contributed by atoms with Gasteiger partial charge in [0.2, 0.25) is 10.0 Å². The van der Waals surface area contributed by atoms with Gasteiger partial charge in [0, 0.05) is 28.8 Å². The van der Waals surface area contributed by atoms with Crippen LogP contribution in [-0.2, 0) is 24.3 Å². The third-order valence-corrected chi connectivity index (χ3v) is 7.15. The number of amides is 1. The first-order chi connectivity index (χ1) is 15.1. The van der Waals surface area contributed by atoms with Crippen LogP contribution >= 0.6 is 23.2 Å². The Morgan fingerprint density at radius 3 is 2.34 bits per heavy atom. The number of anilines is 1. The summed E-state index contributed by atoms with van der Waals surface area (Å²) in [6.07, 6.45) is -1.15. The highest BCUT2D eigenvalue weighted by atomic mass is 35.5. The van der Waals surface area contributed by atoms with Gasteiger partial charge < -0.3 is 14.8 Å². The molecule has 0 aromatic heterocycles. The Hall–Kier alpha value is -2.17. The van der Waals surface area contributed by atoms with Crippen LogP contribution in [0.4, 0.5) is 5.69 Å². The Kier molecular flexibility index (Phi) is 7.79. The zero-order valence-electron chi connectivity index (χ0n) is 17.4. The van der Waals surface area contributed by atoms with E-state index in [1.807, 2.05) is 0 Å². The number of hydrogen-bond acceptors (Lipinski definition) is 6. The highest BCUT2D eigenvalue weighted by molar-refractivity contribution is 7.89. The maximum Gasteiger partial charge on any atom is 0.339 e. The molecular weight excluding hydrogens is 479 g/mol. The third-order valence-electron chi connectivity index (χ3n) is 4.82. The summed E-state index contributed by atoms with van der Waals surface area (Å²) >= 11 is 11.8. The summed E-state index contributed by atoms with van der Waals surface area (Å²) in [5.41, 5.74) is 0.931. The van der Waals surface area contributed by atoms with Gasteiger partial charge in [-0.05, 0) is 49.7 Å². The molecule has 0 saturated carbocycles. The molecule has 1 heterocycles. The molecule has 0 unspecified atom stereocenters. The highest BCUT2D eigenvalue weighted by Gasteiger charge is 2.28. The maximum absolute atomic E-state index is 12.9. The Balaban J connectivity index is 1.74. The summed E-state index contributed by atoms with van der Waals surface area (Å²) in [4.78, 5) is 25.1. The molecular formula is C21H22Cl2N2O6S. The molecule has 11 heteroatoms. The molecule has 0 bridgehead atoms. The van der Waals surface area contributed by atoms with E-state index in [1.54, 1.807) is 6.92 Å². The third kappa shape index (κ3) is 5.79. The molecule has 1 atom stereocenters. The van der Waals surface area contributed by atoms with Gasteiger partial charge in [0.25, 0.3) is 5.91 Å². The number of morpholine rings is 1. The number of halogens is 2. The summed E-state index contributed by atoms with van der Waals surface area (Å²) in [5.74, 6) is -1.40. The number of rotatable bonds is 6. The number of aryl methyl sites for hydroxylation is 1. The second-order valence-corrected chi connectivity index (χ2v) is 10.00. The summed E-state index contributed by atoms with van der Waals surface area (Å²) in [7, 11) is -3.79. The predicted molar refractivity (Wildman–Crippen MR) is 121 cm³/mol. The smallest absolute Gasteiger partial charge is 0.339 e. The summed E-state index contributed by atoms with van der Waals surface area (Å²) in [5, 5.41) is 3.25. The topological polar surface area (TPSA) is 102 Å². The number of nitrogens with zero attached hydrogens (tertiary/aromatic N) is 1. The molecule has 0 aliphatic carbocycles. The van der Waals surface area contributed by atoms with E-state index in [0.717, 1.165) is 0 Å². The van der Waals surface area contributed by atoms with Gasteiger partial charge in [-0.3, -0.25) is 4.79 Å². The zero-order chi connectivity index (χ0) is 23.5. The van der Waals surface area contributed by atoms with Crippen molar-refractivity contribution in [3.8, 4) is 0 Å². The number of carbonyl (C=O) groups excluding carboxylic acids is 2. The van der Waals surface area contributed by atoms with E-state index in [4.69, 9.17) is 32.7 Å². The molecule has 1 saturated heterocycles. The molecule has 32 heavy (non-hydrogen) atoms. The molecule has 172 valence electrons. The summed E-state index contributed by atoms with van der Waals surface area (Å²) < 4.78 is 37.6. The van der Waals surface area contributed by atoms with Crippen molar-refractivity contribution in [1.82, 2.24) is 4.31 Å². The van der Waals surface area contributed by atoms with Crippen molar-refractivity contribution in [2.45, 2.75) is 24.8 Å². The molecule has 2 aromatic carbocycles. The standard InChI is InChI=1S/C21H22Cl2N2O6S/c1-13-3-4-18(32(28,29)25-5-7-30-8-6-25)12-19(13)21(27)31-14(2)20(26)24-17-10-15(22)9-16(23)11-17/h3-4,9-12,14H,5-8H2,1-2H3,(H,24,26)/t14-/m1/s1. The molecule has 1 aliphatic rings. The SMILES string of the molecule is Cc1ccc(S(=O)(=O)N2CCOCC2)cc1C(=O)O[C@H](C)C(=O)Nc1cc(Cl)cc(Cl)c1. The Bertz CT molecular complexity index is 1110. The number of benzene rings is 2. The fourth-order valence-corrected chi connectivity index (χ4v) is 5.03. The van der Waals surface area contributed by atoms with Gasteiger partial charge in [0.15, 0.2) is 6.10 Å². The molecule has 8 nitrogen and oxygen atoms in total. The first kappa shape index (κ1) is 24.5. The van der Waals surface area contributed by atoms with Gasteiger partial charge in [-0.2, -0.15) is 4.31 Å². The molecule has 1 amide bonds. The van der Waals surface area contributed by atoms with Gasteiger partial charge in [0.05, 0.1) is 23.7 Å². The van der Waals surface area contributed by atoms with Crippen molar-refractivity contribution < 1.29 is 27.5 Å². The zero-order valence-corrected chi connectivity index (χ0v) is 19.8. The second-order valence-electron chi connectivity index (χ2n) is 7.19. The van der Waals surface area contributed by atoms with E-state index in [1.165, 1.54) is 47.6 Å². The number of nitrogens with one attached hydrogen (secondary N) is 1. The van der Waals surface area contributed by atoms with Gasteiger partial charge in [0.1, 0.15) is 0 Å². The minimum absolute atomic E-state index is 0.0253. The summed E-state index contributed by atoms with van der Waals surface area (Å²) in [6, 6.07) is 8.76. The largest absolute Gasteiger partial charge is 0.449 e. The first-order valence-corrected chi connectivity index (χ1v) is 11.9. The predicted octanol–water partition coefficient (Wildman–Crippen LogP) is 3.51. The second kappa shape index (κ2) is 10.2. The lowest BCUT2D eigenvalue weighted by Gasteiger charge is -2.26. The lowest BCUT2D eigenvalue weighted by molar-refractivity contribution is -0.123. The van der Waals surface area contributed by atoms with Crippen LogP contribution in [0.3, 0.4) is 0 Å². The Morgan fingerprint density at radius 2 is 1.72 bits per heavy atom. The van der Waals surface area contributed by atoms with E-state index in [0.29, 0.717) is 34.5 Å². The lowest BCUT2D eigenvalue weighted by Crippen LogP contribution is -2.40. The van der Waals surface area contributed by atoms with Crippen LogP contribution < -0.4 is 5.32 Å². The molecule has 2 aromatic rings. The van der Waals surface area contributed by atoms with Crippen LogP contribution in [0, 0.1) is 6.92 Å². The van der Waals surface area contributed by atoms with Gasteiger partial charge in [-0.25, -0.2) is 13.2 Å². The van der Waals surface area contributed by atoms with Crippen molar-refractivity contribution in [2.75, 3.05) is 31.6 Å². The van der Waals surface area contributed by atoms with E-state index in [-0.39, 0.29) is 23.5 Å². The quantitative estimate of drug-likeness (QED) is 0.608. The van der Waals surface area contributed by atoms with Crippen LogP contribution in [0.2, 0.25) is 10.0 Å². The van der Waals surface area contributed by atoms with Gasteiger partial charge in [-0.1, -0.05) is 29.3 Å². The van der Waals surface area contributed by atoms with Crippen LogP contribution in [-0.4, -0.2) is 57.0 Å². The minimum Gasteiger partial charge on any atom is -0.449 e. The Morgan fingerprint density at radius 1 is 1.09 bits per heavy atom. The van der Waals surface area contributed by atoms with Gasteiger partial charge in [-0.15, -0.1) is 0 Å². The highest BCUT2D eigenvalue weighted by Crippen LogP contribution is 2.24. The maximum atomic E-state index is 12.9. The lowest BCUT2D eigenvalue weighted by atomic mass is 10.1. The van der Waals surface area contributed by atoms with Crippen LogP contribution in [0.5, 0.6) is 0 Å². The van der Waals surface area contributed by atoms with Crippen molar-refractivity contribution in [3.63, 3.8) is 0 Å². The van der Waals surface area contributed by atoms with Crippen molar-refractivity contribution in [2.24, 2.45) is 0 Å². The monoisotopic (exact) mass is 500 g/mol. The number of hydrogen-bond donors (Lipinski definition) is 1. The average Bonchev–Trinajstić information content (AvgIpc) is 2.73.